The zero-order valence-corrected chi connectivity index (χ0v) is 13.4. The quantitative estimate of drug-likeness (QED) is 0.917. The fourth-order valence-electron chi connectivity index (χ4n) is 2.32. The van der Waals surface area contributed by atoms with Gasteiger partial charge in [-0.15, -0.1) is 11.3 Å². The summed E-state index contributed by atoms with van der Waals surface area (Å²) in [4.78, 5) is 20.7. The molecule has 1 N–H and O–H groups in total. The van der Waals surface area contributed by atoms with Gasteiger partial charge in [0.05, 0.1) is 5.60 Å². The molecule has 1 aliphatic heterocycles. The predicted octanol–water partition coefficient (Wildman–Crippen LogP) is 1.44. The van der Waals surface area contributed by atoms with Crippen molar-refractivity contribution in [3.05, 3.63) is 16.1 Å². The minimum absolute atomic E-state index is 0.0198. The van der Waals surface area contributed by atoms with E-state index in [1.54, 1.807) is 4.90 Å². The normalized spacial score (nSPS) is 27.1. The lowest BCUT2D eigenvalue weighted by molar-refractivity contribution is -0.0440. The summed E-state index contributed by atoms with van der Waals surface area (Å²) in [5, 5.41) is 12.9. The largest absolute Gasteiger partial charge is 0.390 e. The highest BCUT2D eigenvalue weighted by atomic mass is 32.1. The number of piperidine rings is 1. The van der Waals surface area contributed by atoms with Crippen LogP contribution in [-0.4, -0.2) is 58.6 Å². The van der Waals surface area contributed by atoms with Crippen molar-refractivity contribution in [2.24, 2.45) is 5.92 Å². The molecule has 1 aliphatic rings. The van der Waals surface area contributed by atoms with Crippen LogP contribution in [0.5, 0.6) is 0 Å². The van der Waals surface area contributed by atoms with Crippen molar-refractivity contribution >= 4 is 17.2 Å². The van der Waals surface area contributed by atoms with Crippen LogP contribution >= 0.6 is 11.3 Å². The van der Waals surface area contributed by atoms with Gasteiger partial charge in [-0.1, -0.05) is 6.92 Å². The van der Waals surface area contributed by atoms with Crippen LogP contribution in [0.15, 0.2) is 5.38 Å². The Morgan fingerprint density at radius 2 is 2.35 bits per heavy atom. The topological polar surface area (TPSA) is 56.7 Å². The summed E-state index contributed by atoms with van der Waals surface area (Å²) in [6.07, 6.45) is 0.620. The molecular weight excluding hydrogens is 274 g/mol. The van der Waals surface area contributed by atoms with Gasteiger partial charge < -0.3 is 14.9 Å². The lowest BCUT2D eigenvalue weighted by Gasteiger charge is -2.40. The molecule has 2 heterocycles. The fraction of sp³-hybridized carbons (Fsp3) is 0.714. The van der Waals surface area contributed by atoms with E-state index in [1.807, 2.05) is 38.2 Å². The molecule has 20 heavy (non-hydrogen) atoms. The summed E-state index contributed by atoms with van der Waals surface area (Å²) < 4.78 is 0. The predicted molar refractivity (Wildman–Crippen MR) is 79.8 cm³/mol. The molecule has 0 radical (unpaired) electrons. The highest BCUT2D eigenvalue weighted by molar-refractivity contribution is 7.09. The summed E-state index contributed by atoms with van der Waals surface area (Å²) in [5.74, 6) is 0.0636. The van der Waals surface area contributed by atoms with Gasteiger partial charge in [-0.3, -0.25) is 4.79 Å². The molecule has 0 aromatic carbocycles. The van der Waals surface area contributed by atoms with E-state index in [9.17, 15) is 9.90 Å². The number of thiazole rings is 1. The Bertz CT molecular complexity index is 485. The summed E-state index contributed by atoms with van der Waals surface area (Å²) in [6, 6.07) is 0. The molecule has 2 atom stereocenters. The second kappa shape index (κ2) is 5.79. The summed E-state index contributed by atoms with van der Waals surface area (Å²) >= 11 is 1.52. The van der Waals surface area contributed by atoms with Crippen molar-refractivity contribution < 1.29 is 9.90 Å². The number of hydrogen-bond donors (Lipinski definition) is 1. The van der Waals surface area contributed by atoms with Crippen LogP contribution < -0.4 is 0 Å². The lowest BCUT2D eigenvalue weighted by Crippen LogP contribution is -2.50. The van der Waals surface area contributed by atoms with Crippen LogP contribution in [0.2, 0.25) is 0 Å². The van der Waals surface area contributed by atoms with Crippen LogP contribution in [0.1, 0.15) is 35.8 Å². The van der Waals surface area contributed by atoms with Gasteiger partial charge in [0.2, 0.25) is 0 Å². The first-order chi connectivity index (χ1) is 9.29. The van der Waals surface area contributed by atoms with Gasteiger partial charge in [0.25, 0.3) is 5.91 Å². The van der Waals surface area contributed by atoms with E-state index in [2.05, 4.69) is 4.98 Å². The molecule has 0 spiro atoms. The maximum absolute atomic E-state index is 12.4. The Labute approximate surface area is 124 Å². The molecule has 6 heteroatoms. The first-order valence-electron chi connectivity index (χ1n) is 6.90. The molecule has 0 saturated carbocycles. The number of hydrogen-bond acceptors (Lipinski definition) is 5. The maximum atomic E-state index is 12.4. The second-order valence-electron chi connectivity index (χ2n) is 6.12. The van der Waals surface area contributed by atoms with Crippen molar-refractivity contribution in [3.63, 3.8) is 0 Å². The van der Waals surface area contributed by atoms with Crippen LogP contribution in [0, 0.1) is 5.92 Å². The molecule has 5 nitrogen and oxygen atoms in total. The summed E-state index contributed by atoms with van der Waals surface area (Å²) in [5.41, 5.74) is -0.143. The Kier molecular flexibility index (Phi) is 4.46. The third kappa shape index (κ3) is 3.37. The van der Waals surface area contributed by atoms with Crippen LogP contribution in [0.3, 0.4) is 0 Å². The molecule has 1 fully saturated rings. The summed E-state index contributed by atoms with van der Waals surface area (Å²) in [7, 11) is 3.97. The third-order valence-electron chi connectivity index (χ3n) is 3.95. The molecule has 1 aromatic heterocycles. The van der Waals surface area contributed by atoms with E-state index < -0.39 is 5.60 Å². The average Bonchev–Trinajstić information content (AvgIpc) is 2.79. The Hall–Kier alpha value is -0.980. The average molecular weight is 297 g/mol. The van der Waals surface area contributed by atoms with Crippen molar-refractivity contribution in [1.82, 2.24) is 14.8 Å². The van der Waals surface area contributed by atoms with Crippen molar-refractivity contribution in [2.75, 3.05) is 27.2 Å². The first kappa shape index (κ1) is 15.4. The number of likely N-dealkylation sites (tertiary alicyclic amines) is 1. The lowest BCUT2D eigenvalue weighted by atomic mass is 9.84. The molecule has 0 bridgehead atoms. The highest BCUT2D eigenvalue weighted by Gasteiger charge is 2.36. The fourth-order valence-corrected chi connectivity index (χ4v) is 3.21. The zero-order chi connectivity index (χ0) is 14.9. The van der Waals surface area contributed by atoms with Crippen LogP contribution in [-0.2, 0) is 6.54 Å². The van der Waals surface area contributed by atoms with Gasteiger partial charge in [0.15, 0.2) is 0 Å². The molecule has 0 unspecified atom stereocenters. The number of amides is 1. The molecular formula is C14H23N3O2S. The van der Waals surface area contributed by atoms with Gasteiger partial charge in [0.1, 0.15) is 10.7 Å². The van der Waals surface area contributed by atoms with E-state index in [0.29, 0.717) is 25.2 Å². The van der Waals surface area contributed by atoms with Gasteiger partial charge in [-0.05, 0) is 27.4 Å². The highest BCUT2D eigenvalue weighted by Crippen LogP contribution is 2.28. The van der Waals surface area contributed by atoms with E-state index >= 15 is 0 Å². The third-order valence-corrected chi connectivity index (χ3v) is 4.79. The first-order valence-corrected chi connectivity index (χ1v) is 7.78. The van der Waals surface area contributed by atoms with Gasteiger partial charge in [-0.25, -0.2) is 4.98 Å². The maximum Gasteiger partial charge on any atom is 0.273 e. The van der Waals surface area contributed by atoms with Crippen LogP contribution in [0.25, 0.3) is 0 Å². The zero-order valence-electron chi connectivity index (χ0n) is 12.6. The van der Waals surface area contributed by atoms with Gasteiger partial charge in [-0.2, -0.15) is 0 Å². The number of rotatable bonds is 3. The number of carbonyl (C=O) groups excluding carboxylic acids is 1. The summed E-state index contributed by atoms with van der Waals surface area (Å²) in [6.45, 7) is 5.77. The smallest absolute Gasteiger partial charge is 0.273 e. The monoisotopic (exact) mass is 297 g/mol. The SMILES string of the molecule is C[C@@H]1CN(C(=O)c2csc(CN(C)C)n2)CC[C@]1(C)O. The number of carbonyl (C=O) groups is 1. The molecule has 1 saturated heterocycles. The van der Waals surface area contributed by atoms with Crippen molar-refractivity contribution in [1.29, 1.82) is 0 Å². The Balaban J connectivity index is 2.03. The number of aromatic nitrogens is 1. The van der Waals surface area contributed by atoms with E-state index in [0.717, 1.165) is 11.6 Å². The van der Waals surface area contributed by atoms with Crippen LogP contribution in [0.4, 0.5) is 0 Å². The Morgan fingerprint density at radius 1 is 1.65 bits per heavy atom. The van der Waals surface area contributed by atoms with E-state index in [1.165, 1.54) is 11.3 Å². The number of nitrogens with zero attached hydrogens (tertiary/aromatic N) is 3. The minimum Gasteiger partial charge on any atom is -0.390 e. The van der Waals surface area contributed by atoms with Crippen molar-refractivity contribution in [2.45, 2.75) is 32.4 Å². The van der Waals surface area contributed by atoms with Gasteiger partial charge >= 0.3 is 0 Å². The molecule has 1 amide bonds. The van der Waals surface area contributed by atoms with Crippen molar-refractivity contribution in [3.8, 4) is 0 Å². The minimum atomic E-state index is -0.672. The van der Waals surface area contributed by atoms with E-state index in [-0.39, 0.29) is 11.8 Å². The Morgan fingerprint density at radius 3 is 2.95 bits per heavy atom. The molecule has 1 aromatic rings. The molecule has 112 valence electrons. The molecule has 0 aliphatic carbocycles. The van der Waals surface area contributed by atoms with E-state index in [4.69, 9.17) is 0 Å². The second-order valence-corrected chi connectivity index (χ2v) is 7.07. The van der Waals surface area contributed by atoms with Gasteiger partial charge in [0, 0.05) is 30.9 Å². The molecule has 2 rings (SSSR count). The standard InChI is InChI=1S/C14H23N3O2S/c1-10-7-17(6-5-14(10,2)19)13(18)11-9-20-12(15-11)8-16(3)4/h9-10,19H,5-8H2,1-4H3/t10-,14+/m1/s1. The number of aliphatic hydroxyl groups is 1.